The van der Waals surface area contributed by atoms with Crippen LogP contribution >= 0.6 is 0 Å². The molecule has 2 aromatic carbocycles. The van der Waals surface area contributed by atoms with E-state index >= 15 is 0 Å². The highest BCUT2D eigenvalue weighted by Crippen LogP contribution is 2.41. The van der Waals surface area contributed by atoms with Crippen LogP contribution < -0.4 is 14.2 Å². The molecule has 26 heavy (non-hydrogen) atoms. The number of fused-ring (bicyclic) bond motifs is 2. The first kappa shape index (κ1) is 16.4. The largest absolute Gasteiger partial charge is 0.483 e. The van der Waals surface area contributed by atoms with Crippen LogP contribution in [0.15, 0.2) is 42.7 Å². The third-order valence-electron chi connectivity index (χ3n) is 4.33. The summed E-state index contributed by atoms with van der Waals surface area (Å²) in [6.07, 6.45) is 2.53. The van der Waals surface area contributed by atoms with Gasteiger partial charge in [0.2, 0.25) is 0 Å². The van der Waals surface area contributed by atoms with Gasteiger partial charge in [-0.05, 0) is 32.0 Å². The SMILES string of the molecule is Cn1cnc2cc(OC(=O)COc3cccc4c3OC(C)(C)C4)ccc21. The molecule has 6 nitrogen and oxygen atoms in total. The van der Waals surface area contributed by atoms with Gasteiger partial charge in [0.1, 0.15) is 11.4 Å². The predicted molar refractivity (Wildman–Crippen MR) is 96.7 cm³/mol. The Morgan fingerprint density at radius 1 is 1.31 bits per heavy atom. The van der Waals surface area contributed by atoms with Crippen LogP contribution in [0.4, 0.5) is 0 Å². The van der Waals surface area contributed by atoms with E-state index in [-0.39, 0.29) is 12.2 Å². The Morgan fingerprint density at radius 3 is 3.00 bits per heavy atom. The van der Waals surface area contributed by atoms with Crippen molar-refractivity contribution in [3.05, 3.63) is 48.3 Å². The van der Waals surface area contributed by atoms with Gasteiger partial charge in [0.05, 0.1) is 17.4 Å². The van der Waals surface area contributed by atoms with E-state index in [0.29, 0.717) is 17.2 Å². The molecule has 1 aliphatic rings. The van der Waals surface area contributed by atoms with E-state index in [2.05, 4.69) is 4.98 Å². The zero-order valence-corrected chi connectivity index (χ0v) is 15.0. The number of carbonyl (C=O) groups is 1. The van der Waals surface area contributed by atoms with Crippen molar-refractivity contribution in [2.75, 3.05) is 6.61 Å². The quantitative estimate of drug-likeness (QED) is 0.533. The molecule has 4 rings (SSSR count). The summed E-state index contributed by atoms with van der Waals surface area (Å²) in [7, 11) is 1.91. The summed E-state index contributed by atoms with van der Waals surface area (Å²) in [5.41, 5.74) is 2.57. The van der Waals surface area contributed by atoms with Crippen molar-refractivity contribution >= 4 is 17.0 Å². The molecule has 1 aromatic heterocycles. The van der Waals surface area contributed by atoms with E-state index in [1.807, 2.05) is 43.7 Å². The van der Waals surface area contributed by atoms with Crippen molar-refractivity contribution in [1.29, 1.82) is 0 Å². The Bertz CT molecular complexity index is 991. The third kappa shape index (κ3) is 3.10. The first-order valence-corrected chi connectivity index (χ1v) is 8.47. The average molecular weight is 352 g/mol. The lowest BCUT2D eigenvalue weighted by Crippen LogP contribution is -2.25. The van der Waals surface area contributed by atoms with Crippen molar-refractivity contribution in [2.24, 2.45) is 7.05 Å². The molecule has 0 fully saturated rings. The second-order valence-electron chi connectivity index (χ2n) is 7.05. The number of hydrogen-bond acceptors (Lipinski definition) is 5. The molecule has 0 bridgehead atoms. The number of nitrogens with zero attached hydrogens (tertiary/aromatic N) is 2. The highest BCUT2D eigenvalue weighted by Gasteiger charge is 2.32. The average Bonchev–Trinajstić information content (AvgIpc) is 3.11. The number of esters is 1. The van der Waals surface area contributed by atoms with Crippen molar-refractivity contribution in [3.63, 3.8) is 0 Å². The maximum Gasteiger partial charge on any atom is 0.349 e. The molecule has 3 aromatic rings. The highest BCUT2D eigenvalue weighted by molar-refractivity contribution is 5.79. The van der Waals surface area contributed by atoms with E-state index in [1.54, 1.807) is 24.5 Å². The van der Waals surface area contributed by atoms with Gasteiger partial charge in [0, 0.05) is 25.1 Å². The molecule has 0 amide bonds. The lowest BCUT2D eigenvalue weighted by Gasteiger charge is -2.18. The summed E-state index contributed by atoms with van der Waals surface area (Å²) in [4.78, 5) is 16.4. The molecule has 0 spiro atoms. The molecule has 0 aliphatic carbocycles. The standard InChI is InChI=1S/C20H20N2O4/c1-20(2)10-13-5-4-6-17(19(13)26-20)24-11-18(23)25-14-7-8-16-15(9-14)21-12-22(16)3/h4-9,12H,10-11H2,1-3H3. The first-order valence-electron chi connectivity index (χ1n) is 8.47. The van der Waals surface area contributed by atoms with Crippen molar-refractivity contribution in [2.45, 2.75) is 25.9 Å². The van der Waals surface area contributed by atoms with E-state index in [0.717, 1.165) is 23.0 Å². The zero-order chi connectivity index (χ0) is 18.3. The minimum Gasteiger partial charge on any atom is -0.483 e. The van der Waals surface area contributed by atoms with Crippen LogP contribution in [0.3, 0.4) is 0 Å². The molecule has 0 atom stereocenters. The van der Waals surface area contributed by atoms with Gasteiger partial charge in [-0.3, -0.25) is 0 Å². The van der Waals surface area contributed by atoms with E-state index in [4.69, 9.17) is 14.2 Å². The fourth-order valence-corrected chi connectivity index (χ4v) is 3.18. The number of aryl methyl sites for hydroxylation is 1. The van der Waals surface area contributed by atoms with Crippen LogP contribution in [-0.2, 0) is 18.3 Å². The smallest absolute Gasteiger partial charge is 0.349 e. The van der Waals surface area contributed by atoms with Gasteiger partial charge < -0.3 is 18.8 Å². The van der Waals surface area contributed by atoms with Crippen LogP contribution in [0, 0.1) is 0 Å². The predicted octanol–water partition coefficient (Wildman–Crippen LogP) is 3.27. The first-order chi connectivity index (χ1) is 12.4. The molecule has 0 unspecified atom stereocenters. The number of benzene rings is 2. The van der Waals surface area contributed by atoms with Crippen LogP contribution in [0.1, 0.15) is 19.4 Å². The van der Waals surface area contributed by atoms with Crippen molar-refractivity contribution in [3.8, 4) is 17.2 Å². The summed E-state index contributed by atoms with van der Waals surface area (Å²) in [6, 6.07) is 11.1. The second-order valence-corrected chi connectivity index (χ2v) is 7.05. The summed E-state index contributed by atoms with van der Waals surface area (Å²) < 4.78 is 18.9. The lowest BCUT2D eigenvalue weighted by atomic mass is 10.0. The molecule has 0 saturated heterocycles. The molecule has 0 saturated carbocycles. The molecule has 1 aliphatic heterocycles. The highest BCUT2D eigenvalue weighted by atomic mass is 16.6. The van der Waals surface area contributed by atoms with Crippen molar-refractivity contribution in [1.82, 2.24) is 9.55 Å². The Hall–Kier alpha value is -3.02. The fraction of sp³-hybridized carbons (Fsp3) is 0.300. The van der Waals surface area contributed by atoms with Gasteiger partial charge in [-0.25, -0.2) is 9.78 Å². The monoisotopic (exact) mass is 352 g/mol. The molecule has 134 valence electrons. The third-order valence-corrected chi connectivity index (χ3v) is 4.33. The van der Waals surface area contributed by atoms with Gasteiger partial charge in [-0.15, -0.1) is 0 Å². The van der Waals surface area contributed by atoms with E-state index < -0.39 is 5.97 Å². The van der Waals surface area contributed by atoms with Gasteiger partial charge >= 0.3 is 5.97 Å². The van der Waals surface area contributed by atoms with Crippen LogP contribution in [0.25, 0.3) is 11.0 Å². The number of para-hydroxylation sites is 1. The Morgan fingerprint density at radius 2 is 2.15 bits per heavy atom. The lowest BCUT2D eigenvalue weighted by molar-refractivity contribution is -0.136. The molecular weight excluding hydrogens is 332 g/mol. The maximum absolute atomic E-state index is 12.1. The Balaban J connectivity index is 1.42. The fourth-order valence-electron chi connectivity index (χ4n) is 3.18. The minimum absolute atomic E-state index is 0.194. The minimum atomic E-state index is -0.477. The van der Waals surface area contributed by atoms with E-state index in [1.165, 1.54) is 0 Å². The number of imidazole rings is 1. The summed E-state index contributed by atoms with van der Waals surface area (Å²) in [5, 5.41) is 0. The molecule has 6 heteroatoms. The van der Waals surface area contributed by atoms with Crippen LogP contribution in [0.2, 0.25) is 0 Å². The number of aromatic nitrogens is 2. The number of carbonyl (C=O) groups excluding carboxylic acids is 1. The maximum atomic E-state index is 12.1. The van der Waals surface area contributed by atoms with Gasteiger partial charge in [-0.2, -0.15) is 0 Å². The van der Waals surface area contributed by atoms with Gasteiger partial charge in [-0.1, -0.05) is 12.1 Å². The van der Waals surface area contributed by atoms with Crippen LogP contribution in [0.5, 0.6) is 17.2 Å². The Kier molecular flexibility index (Phi) is 3.83. The molecular formula is C20H20N2O4. The van der Waals surface area contributed by atoms with Crippen molar-refractivity contribution < 1.29 is 19.0 Å². The summed E-state index contributed by atoms with van der Waals surface area (Å²) in [6.45, 7) is 3.86. The second kappa shape index (κ2) is 6.05. The number of hydrogen-bond donors (Lipinski definition) is 0. The van der Waals surface area contributed by atoms with E-state index in [9.17, 15) is 4.79 Å². The number of rotatable bonds is 4. The zero-order valence-electron chi connectivity index (χ0n) is 15.0. The Labute approximate surface area is 151 Å². The summed E-state index contributed by atoms with van der Waals surface area (Å²) in [5.74, 6) is 1.24. The molecule has 2 heterocycles. The van der Waals surface area contributed by atoms with Crippen LogP contribution in [-0.4, -0.2) is 27.7 Å². The molecule has 0 N–H and O–H groups in total. The topological polar surface area (TPSA) is 62.6 Å². The molecule has 0 radical (unpaired) electrons. The number of ether oxygens (including phenoxy) is 3. The summed E-state index contributed by atoms with van der Waals surface area (Å²) >= 11 is 0. The van der Waals surface area contributed by atoms with Gasteiger partial charge in [0.15, 0.2) is 18.1 Å². The van der Waals surface area contributed by atoms with Gasteiger partial charge in [0.25, 0.3) is 0 Å². The normalized spacial score (nSPS) is 14.7.